The predicted molar refractivity (Wildman–Crippen MR) is 113 cm³/mol. The van der Waals surface area contributed by atoms with Gasteiger partial charge in [0.25, 0.3) is 0 Å². The first-order valence-electron chi connectivity index (χ1n) is 11.1. The van der Waals surface area contributed by atoms with Crippen LogP contribution in [0.25, 0.3) is 5.65 Å². The Morgan fingerprint density at radius 2 is 1.79 bits per heavy atom. The van der Waals surface area contributed by atoms with Crippen LogP contribution in [0.2, 0.25) is 0 Å². The molecule has 0 amide bonds. The fourth-order valence-electron chi connectivity index (χ4n) is 4.55. The molecule has 1 saturated heterocycles. The monoisotopic (exact) mass is 465 g/mol. The van der Waals surface area contributed by atoms with Crippen molar-refractivity contribution in [2.45, 2.75) is 38.4 Å². The molecule has 0 bridgehead atoms. The lowest BCUT2D eigenvalue weighted by Crippen LogP contribution is -2.31. The number of alkyl halides is 3. The zero-order chi connectivity index (χ0) is 23.2. The summed E-state index contributed by atoms with van der Waals surface area (Å²) < 4.78 is 71.1. The maximum absolute atomic E-state index is 14.2. The highest BCUT2D eigenvalue weighted by Crippen LogP contribution is 2.37. The lowest BCUT2D eigenvalue weighted by Gasteiger charge is -2.25. The van der Waals surface area contributed by atoms with Gasteiger partial charge in [0.05, 0.1) is 5.69 Å². The summed E-state index contributed by atoms with van der Waals surface area (Å²) in [5.41, 5.74) is -0.435. The van der Waals surface area contributed by atoms with Crippen molar-refractivity contribution in [1.82, 2.24) is 19.5 Å². The van der Waals surface area contributed by atoms with Crippen LogP contribution in [0.1, 0.15) is 36.2 Å². The molecule has 1 aliphatic carbocycles. The quantitative estimate of drug-likeness (QED) is 0.513. The number of halogens is 5. The van der Waals surface area contributed by atoms with Gasteiger partial charge in [-0.3, -0.25) is 9.30 Å². The summed E-state index contributed by atoms with van der Waals surface area (Å²) in [6.07, 6.45) is 0.517. The fraction of sp³-hybridized carbons (Fsp3) is 0.478. The summed E-state index contributed by atoms with van der Waals surface area (Å²) in [5.74, 6) is -0.229. The Balaban J connectivity index is 1.37. The van der Waals surface area contributed by atoms with Crippen LogP contribution in [0.3, 0.4) is 0 Å². The Morgan fingerprint density at radius 3 is 2.52 bits per heavy atom. The summed E-state index contributed by atoms with van der Waals surface area (Å²) in [7, 11) is 0. The molecule has 33 heavy (non-hydrogen) atoms. The van der Waals surface area contributed by atoms with E-state index in [1.165, 1.54) is 22.6 Å². The van der Waals surface area contributed by atoms with E-state index in [-0.39, 0.29) is 17.8 Å². The standard InChI is InChI=1S/C23H24F5N5/c24-17-4-5-19(18(25)13-17)32-8-1-7-31(10-11-32)14-16-6-9-33-20(12-15-2-3-15)29-30-22(33)21(16)23(26,27)28/h4-6,9,13,15H,1-3,7-8,10-12,14H2. The van der Waals surface area contributed by atoms with E-state index in [9.17, 15) is 22.0 Å². The van der Waals surface area contributed by atoms with Crippen molar-refractivity contribution in [2.75, 3.05) is 31.1 Å². The number of hydrogen-bond donors (Lipinski definition) is 0. The van der Waals surface area contributed by atoms with Crippen LogP contribution in [0.15, 0.2) is 30.5 Å². The van der Waals surface area contributed by atoms with Gasteiger partial charge in [0.1, 0.15) is 23.0 Å². The minimum Gasteiger partial charge on any atom is -0.368 e. The largest absolute Gasteiger partial charge is 0.420 e. The van der Waals surface area contributed by atoms with E-state index in [1.807, 2.05) is 9.80 Å². The van der Waals surface area contributed by atoms with E-state index in [2.05, 4.69) is 10.2 Å². The van der Waals surface area contributed by atoms with E-state index in [0.29, 0.717) is 56.5 Å². The minimum absolute atomic E-state index is 0.107. The van der Waals surface area contributed by atoms with Gasteiger partial charge in [-0.2, -0.15) is 13.2 Å². The molecule has 3 aromatic rings. The van der Waals surface area contributed by atoms with Crippen LogP contribution in [-0.4, -0.2) is 45.7 Å². The predicted octanol–water partition coefficient (Wildman–Crippen LogP) is 4.69. The van der Waals surface area contributed by atoms with Gasteiger partial charge in [0.2, 0.25) is 0 Å². The number of anilines is 1. The number of aromatic nitrogens is 3. The third-order valence-electron chi connectivity index (χ3n) is 6.42. The number of nitrogens with zero attached hydrogens (tertiary/aromatic N) is 5. The van der Waals surface area contributed by atoms with E-state index in [1.54, 1.807) is 6.20 Å². The molecule has 1 aromatic carbocycles. The lowest BCUT2D eigenvalue weighted by molar-refractivity contribution is -0.137. The lowest BCUT2D eigenvalue weighted by atomic mass is 10.1. The van der Waals surface area contributed by atoms with Crippen LogP contribution in [0.4, 0.5) is 27.6 Å². The average Bonchev–Trinajstić information content (AvgIpc) is 3.51. The second-order valence-corrected chi connectivity index (χ2v) is 8.88. The molecule has 0 atom stereocenters. The van der Waals surface area contributed by atoms with Crippen molar-refractivity contribution in [3.05, 3.63) is 59.0 Å². The van der Waals surface area contributed by atoms with E-state index in [4.69, 9.17) is 0 Å². The van der Waals surface area contributed by atoms with Crippen LogP contribution in [-0.2, 0) is 19.1 Å². The van der Waals surface area contributed by atoms with Crippen molar-refractivity contribution in [2.24, 2.45) is 5.92 Å². The number of pyridine rings is 1. The molecule has 3 heterocycles. The van der Waals surface area contributed by atoms with Gasteiger partial charge in [0, 0.05) is 51.4 Å². The second-order valence-electron chi connectivity index (χ2n) is 8.88. The maximum Gasteiger partial charge on any atom is 0.420 e. The molecule has 1 aliphatic heterocycles. The highest BCUT2D eigenvalue weighted by Gasteiger charge is 2.38. The van der Waals surface area contributed by atoms with Crippen molar-refractivity contribution >= 4 is 11.3 Å². The summed E-state index contributed by atoms with van der Waals surface area (Å²) in [4.78, 5) is 3.75. The van der Waals surface area contributed by atoms with Crippen LogP contribution in [0, 0.1) is 17.6 Å². The Labute approximate surface area is 187 Å². The average molecular weight is 465 g/mol. The number of hydrogen-bond acceptors (Lipinski definition) is 4. The van der Waals surface area contributed by atoms with Gasteiger partial charge in [-0.15, -0.1) is 10.2 Å². The third-order valence-corrected chi connectivity index (χ3v) is 6.42. The number of fused-ring (bicyclic) bond motifs is 1. The second kappa shape index (κ2) is 8.55. The normalized spacial score (nSPS) is 18.2. The maximum atomic E-state index is 14.2. The van der Waals surface area contributed by atoms with Crippen LogP contribution < -0.4 is 4.90 Å². The van der Waals surface area contributed by atoms with Crippen LogP contribution in [0.5, 0.6) is 0 Å². The molecule has 2 aliphatic rings. The molecule has 0 radical (unpaired) electrons. The molecule has 176 valence electrons. The van der Waals surface area contributed by atoms with Gasteiger partial charge in [-0.05, 0) is 48.9 Å². The van der Waals surface area contributed by atoms with Crippen LogP contribution >= 0.6 is 0 Å². The summed E-state index contributed by atoms with van der Waals surface area (Å²) in [5, 5.41) is 7.94. The molecule has 0 spiro atoms. The molecule has 5 nitrogen and oxygen atoms in total. The summed E-state index contributed by atoms with van der Waals surface area (Å²) >= 11 is 0. The molecule has 0 N–H and O–H groups in total. The van der Waals surface area contributed by atoms with Gasteiger partial charge < -0.3 is 4.90 Å². The van der Waals surface area contributed by atoms with Crippen molar-refractivity contribution < 1.29 is 22.0 Å². The van der Waals surface area contributed by atoms with E-state index < -0.39 is 23.4 Å². The molecule has 10 heteroatoms. The van der Waals surface area contributed by atoms with Gasteiger partial charge >= 0.3 is 6.18 Å². The number of rotatable bonds is 5. The van der Waals surface area contributed by atoms with E-state index >= 15 is 0 Å². The zero-order valence-corrected chi connectivity index (χ0v) is 18.0. The minimum atomic E-state index is -4.56. The summed E-state index contributed by atoms with van der Waals surface area (Å²) in [6.45, 7) is 2.11. The Morgan fingerprint density at radius 1 is 0.970 bits per heavy atom. The first kappa shape index (κ1) is 22.1. The molecule has 2 aromatic heterocycles. The van der Waals surface area contributed by atoms with E-state index in [0.717, 1.165) is 18.9 Å². The molecule has 1 saturated carbocycles. The zero-order valence-electron chi connectivity index (χ0n) is 18.0. The topological polar surface area (TPSA) is 36.7 Å². The van der Waals surface area contributed by atoms with Crippen molar-refractivity contribution in [1.29, 1.82) is 0 Å². The SMILES string of the molecule is Fc1ccc(N2CCCN(Cc3ccn4c(CC5CC5)nnc4c3C(F)(F)F)CC2)c(F)c1. The molecule has 0 unspecified atom stereocenters. The molecular weight excluding hydrogens is 441 g/mol. The van der Waals surface area contributed by atoms with Crippen molar-refractivity contribution in [3.8, 4) is 0 Å². The Hall–Kier alpha value is -2.75. The van der Waals surface area contributed by atoms with Gasteiger partial charge in [-0.25, -0.2) is 8.78 Å². The van der Waals surface area contributed by atoms with Gasteiger partial charge in [-0.1, -0.05) is 0 Å². The third kappa shape index (κ3) is 4.66. The smallest absolute Gasteiger partial charge is 0.368 e. The highest BCUT2D eigenvalue weighted by atomic mass is 19.4. The first-order valence-corrected chi connectivity index (χ1v) is 11.1. The summed E-state index contributed by atoms with van der Waals surface area (Å²) in [6, 6.07) is 4.97. The van der Waals surface area contributed by atoms with Crippen molar-refractivity contribution in [3.63, 3.8) is 0 Å². The molecular formula is C23H24F5N5. The molecule has 5 rings (SSSR count). The first-order chi connectivity index (χ1) is 15.8. The Kier molecular flexibility index (Phi) is 5.72. The fourth-order valence-corrected chi connectivity index (χ4v) is 4.55. The highest BCUT2D eigenvalue weighted by molar-refractivity contribution is 5.54. The molecule has 2 fully saturated rings. The number of benzene rings is 1. The Bertz CT molecular complexity index is 1150. The van der Waals surface area contributed by atoms with Gasteiger partial charge in [0.15, 0.2) is 5.65 Å².